The average molecular weight is 230 g/mol. The number of rotatable bonds is 6. The molecule has 0 saturated carbocycles. The summed E-state index contributed by atoms with van der Waals surface area (Å²) in [5.41, 5.74) is 0.0300. The fraction of sp³-hybridized carbons (Fsp3) is 0.818. The second kappa shape index (κ2) is 6.35. The maximum absolute atomic E-state index is 11.4. The Balaban J connectivity index is 4.04. The van der Waals surface area contributed by atoms with Gasteiger partial charge in [0.15, 0.2) is 0 Å². The fourth-order valence-corrected chi connectivity index (χ4v) is 0.992. The van der Waals surface area contributed by atoms with Gasteiger partial charge >= 0.3 is 12.0 Å². The highest BCUT2D eigenvalue weighted by atomic mass is 16.4. The van der Waals surface area contributed by atoms with Crippen molar-refractivity contribution < 1.29 is 14.7 Å². The van der Waals surface area contributed by atoms with Gasteiger partial charge in [0.2, 0.25) is 0 Å². The number of carboxylic acid groups (broad SMARTS) is 1. The van der Waals surface area contributed by atoms with Crippen molar-refractivity contribution in [2.24, 2.45) is 5.41 Å². The largest absolute Gasteiger partial charge is 0.480 e. The Morgan fingerprint density at radius 3 is 2.25 bits per heavy atom. The van der Waals surface area contributed by atoms with Gasteiger partial charge in [-0.15, -0.1) is 0 Å². The van der Waals surface area contributed by atoms with Crippen LogP contribution in [0.15, 0.2) is 0 Å². The highest BCUT2D eigenvalue weighted by Gasteiger charge is 2.20. The fourth-order valence-electron chi connectivity index (χ4n) is 0.992. The molecule has 0 bridgehead atoms. The summed E-state index contributed by atoms with van der Waals surface area (Å²) in [6.07, 6.45) is 1.32. The summed E-state index contributed by atoms with van der Waals surface area (Å²) in [6.45, 7) is 8.38. The number of hydrogen-bond acceptors (Lipinski definition) is 2. The van der Waals surface area contributed by atoms with Crippen LogP contribution in [0.2, 0.25) is 0 Å². The van der Waals surface area contributed by atoms with Crippen LogP contribution in [0, 0.1) is 5.41 Å². The van der Waals surface area contributed by atoms with E-state index in [0.717, 1.165) is 6.42 Å². The number of aliphatic carboxylic acids is 1. The maximum Gasteiger partial charge on any atom is 0.326 e. The molecule has 0 spiro atoms. The number of carbonyl (C=O) groups is 2. The first-order chi connectivity index (χ1) is 7.32. The van der Waals surface area contributed by atoms with Crippen LogP contribution in [0.3, 0.4) is 0 Å². The molecule has 0 radical (unpaired) electrons. The Morgan fingerprint density at radius 2 is 1.88 bits per heavy atom. The van der Waals surface area contributed by atoms with E-state index in [9.17, 15) is 9.59 Å². The zero-order valence-corrected chi connectivity index (χ0v) is 10.5. The van der Waals surface area contributed by atoms with Crippen LogP contribution in [0.5, 0.6) is 0 Å². The van der Waals surface area contributed by atoms with E-state index in [4.69, 9.17) is 5.11 Å². The predicted octanol–water partition coefficient (Wildman–Crippen LogP) is 1.58. The van der Waals surface area contributed by atoms with Gasteiger partial charge in [-0.3, -0.25) is 0 Å². The summed E-state index contributed by atoms with van der Waals surface area (Å²) in [6, 6.07) is -1.24. The molecule has 0 aliphatic heterocycles. The molecule has 0 aromatic heterocycles. The molecule has 0 aliphatic carbocycles. The van der Waals surface area contributed by atoms with Gasteiger partial charge in [0.05, 0.1) is 0 Å². The number of hydrogen-bond donors (Lipinski definition) is 3. The van der Waals surface area contributed by atoms with Gasteiger partial charge in [0, 0.05) is 6.54 Å². The van der Waals surface area contributed by atoms with Crippen molar-refractivity contribution in [1.82, 2.24) is 10.6 Å². The number of carboxylic acids is 1. The summed E-state index contributed by atoms with van der Waals surface area (Å²) < 4.78 is 0. The Hall–Kier alpha value is -1.26. The van der Waals surface area contributed by atoms with E-state index < -0.39 is 18.0 Å². The summed E-state index contributed by atoms with van der Waals surface area (Å²) in [5, 5.41) is 13.8. The quantitative estimate of drug-likeness (QED) is 0.648. The Labute approximate surface area is 96.6 Å². The maximum atomic E-state index is 11.4. The molecular weight excluding hydrogens is 208 g/mol. The normalized spacial score (nSPS) is 13.0. The molecule has 0 aromatic carbocycles. The molecule has 0 saturated heterocycles. The lowest BCUT2D eigenvalue weighted by Gasteiger charge is -2.23. The molecule has 3 N–H and O–H groups in total. The third-order valence-corrected chi connectivity index (χ3v) is 2.70. The Bertz CT molecular complexity index is 252. The molecule has 5 heteroatoms. The molecule has 94 valence electrons. The van der Waals surface area contributed by atoms with E-state index in [1.54, 1.807) is 6.92 Å². The van der Waals surface area contributed by atoms with Gasteiger partial charge < -0.3 is 15.7 Å². The first-order valence-corrected chi connectivity index (χ1v) is 5.59. The monoisotopic (exact) mass is 230 g/mol. The molecule has 16 heavy (non-hydrogen) atoms. The second-order valence-corrected chi connectivity index (χ2v) is 4.64. The summed E-state index contributed by atoms with van der Waals surface area (Å²) >= 11 is 0. The lowest BCUT2D eigenvalue weighted by molar-refractivity contribution is -0.139. The molecule has 0 fully saturated rings. The molecule has 0 heterocycles. The summed E-state index contributed by atoms with van der Waals surface area (Å²) in [7, 11) is 0. The smallest absolute Gasteiger partial charge is 0.326 e. The SMILES string of the molecule is CCC(NC(=O)NCC(C)(C)CC)C(=O)O. The van der Waals surface area contributed by atoms with Crippen LogP contribution < -0.4 is 10.6 Å². The molecule has 0 aromatic rings. The van der Waals surface area contributed by atoms with Crippen LogP contribution in [-0.4, -0.2) is 29.7 Å². The third kappa shape index (κ3) is 5.58. The lowest BCUT2D eigenvalue weighted by Crippen LogP contribution is -2.47. The van der Waals surface area contributed by atoms with Crippen molar-refractivity contribution in [3.63, 3.8) is 0 Å². The van der Waals surface area contributed by atoms with Crippen molar-refractivity contribution in [1.29, 1.82) is 0 Å². The van der Waals surface area contributed by atoms with Crippen molar-refractivity contribution >= 4 is 12.0 Å². The Kier molecular flexibility index (Phi) is 5.85. The first-order valence-electron chi connectivity index (χ1n) is 5.59. The van der Waals surface area contributed by atoms with E-state index in [2.05, 4.69) is 10.6 Å². The van der Waals surface area contributed by atoms with Crippen LogP contribution >= 0.6 is 0 Å². The van der Waals surface area contributed by atoms with Gasteiger partial charge in [-0.2, -0.15) is 0 Å². The van der Waals surface area contributed by atoms with Gasteiger partial charge in [-0.05, 0) is 18.3 Å². The predicted molar refractivity (Wildman–Crippen MR) is 62.3 cm³/mol. The van der Waals surface area contributed by atoms with Crippen LogP contribution in [0.25, 0.3) is 0 Å². The molecule has 0 aliphatic rings. The van der Waals surface area contributed by atoms with Gasteiger partial charge in [0.25, 0.3) is 0 Å². The number of amides is 2. The highest BCUT2D eigenvalue weighted by Crippen LogP contribution is 2.17. The summed E-state index contributed by atoms with van der Waals surface area (Å²) in [4.78, 5) is 22.1. The third-order valence-electron chi connectivity index (χ3n) is 2.70. The lowest BCUT2D eigenvalue weighted by atomic mass is 9.90. The zero-order valence-electron chi connectivity index (χ0n) is 10.5. The minimum Gasteiger partial charge on any atom is -0.480 e. The molecule has 2 amide bonds. The van der Waals surface area contributed by atoms with Crippen LogP contribution in [-0.2, 0) is 4.79 Å². The molecule has 1 unspecified atom stereocenters. The molecule has 5 nitrogen and oxygen atoms in total. The van der Waals surface area contributed by atoms with Crippen molar-refractivity contribution in [2.75, 3.05) is 6.54 Å². The topological polar surface area (TPSA) is 78.4 Å². The summed E-state index contributed by atoms with van der Waals surface area (Å²) in [5.74, 6) is -1.01. The molecular formula is C11H22N2O3. The van der Waals surface area contributed by atoms with Crippen LogP contribution in [0.4, 0.5) is 4.79 Å². The standard InChI is InChI=1S/C11H22N2O3/c1-5-8(9(14)15)13-10(16)12-7-11(3,4)6-2/h8H,5-7H2,1-4H3,(H,14,15)(H2,12,13,16). The molecule has 1 atom stereocenters. The minimum absolute atomic E-state index is 0.0300. The second-order valence-electron chi connectivity index (χ2n) is 4.64. The Morgan fingerprint density at radius 1 is 1.31 bits per heavy atom. The number of urea groups is 1. The van der Waals surface area contributed by atoms with Gasteiger partial charge in [-0.25, -0.2) is 9.59 Å². The van der Waals surface area contributed by atoms with Crippen molar-refractivity contribution in [3.05, 3.63) is 0 Å². The van der Waals surface area contributed by atoms with E-state index in [0.29, 0.717) is 13.0 Å². The highest BCUT2D eigenvalue weighted by molar-refractivity contribution is 5.82. The average Bonchev–Trinajstić information content (AvgIpc) is 2.22. The van der Waals surface area contributed by atoms with Crippen molar-refractivity contribution in [2.45, 2.75) is 46.6 Å². The van der Waals surface area contributed by atoms with Crippen molar-refractivity contribution in [3.8, 4) is 0 Å². The van der Waals surface area contributed by atoms with Crippen LogP contribution in [0.1, 0.15) is 40.5 Å². The van der Waals surface area contributed by atoms with E-state index in [-0.39, 0.29) is 5.41 Å². The zero-order chi connectivity index (χ0) is 12.8. The molecule has 0 rings (SSSR count). The van der Waals surface area contributed by atoms with Gasteiger partial charge in [-0.1, -0.05) is 27.7 Å². The first kappa shape index (κ1) is 14.7. The van der Waals surface area contributed by atoms with E-state index >= 15 is 0 Å². The van der Waals surface area contributed by atoms with E-state index in [1.807, 2.05) is 20.8 Å². The number of nitrogens with one attached hydrogen (secondary N) is 2. The van der Waals surface area contributed by atoms with E-state index in [1.165, 1.54) is 0 Å². The van der Waals surface area contributed by atoms with Gasteiger partial charge in [0.1, 0.15) is 6.04 Å². The number of carbonyl (C=O) groups excluding carboxylic acids is 1. The minimum atomic E-state index is -1.01.